The average Bonchev–Trinajstić information content (AvgIpc) is 2.34. The Morgan fingerprint density at radius 1 is 1.35 bits per heavy atom. The molecule has 112 valence electrons. The Labute approximate surface area is 115 Å². The second-order valence-electron chi connectivity index (χ2n) is 5.33. The molecule has 1 fully saturated rings. The molecule has 0 amide bonds. The van der Waals surface area contributed by atoms with Crippen LogP contribution in [-0.2, 0) is 6.42 Å². The monoisotopic (exact) mass is 289 g/mol. The maximum Gasteiger partial charge on any atom is 0.573 e. The summed E-state index contributed by atoms with van der Waals surface area (Å²) in [7, 11) is 0. The molecule has 1 heterocycles. The van der Waals surface area contributed by atoms with Crippen LogP contribution in [0, 0.1) is 5.92 Å². The fourth-order valence-corrected chi connectivity index (χ4v) is 2.48. The molecule has 0 aliphatic carbocycles. The summed E-state index contributed by atoms with van der Waals surface area (Å²) in [6.45, 7) is 3.45. The molecule has 0 saturated carbocycles. The van der Waals surface area contributed by atoms with E-state index in [1.165, 1.54) is 12.1 Å². The van der Waals surface area contributed by atoms with Crippen LogP contribution in [0.5, 0.6) is 5.75 Å². The van der Waals surface area contributed by atoms with Crippen LogP contribution in [-0.4, -0.2) is 30.2 Å². The lowest BCUT2D eigenvalue weighted by atomic mass is 9.78. The van der Waals surface area contributed by atoms with Crippen LogP contribution in [0.1, 0.15) is 18.9 Å². The number of nitrogens with one attached hydrogen (secondary N) is 1. The van der Waals surface area contributed by atoms with E-state index in [0.717, 1.165) is 18.7 Å². The normalized spacial score (nSPS) is 27.4. The fraction of sp³-hybridized carbons (Fsp3) is 0.571. The minimum atomic E-state index is -4.68. The van der Waals surface area contributed by atoms with Crippen LogP contribution < -0.4 is 10.1 Å². The molecule has 0 spiro atoms. The Morgan fingerprint density at radius 3 is 2.55 bits per heavy atom. The Kier molecular flexibility index (Phi) is 4.25. The summed E-state index contributed by atoms with van der Waals surface area (Å²) in [5, 5.41) is 13.8. The van der Waals surface area contributed by atoms with Crippen molar-refractivity contribution in [2.45, 2.75) is 31.7 Å². The standard InChI is InChI=1S/C14H18F3NO2/c1-10-9-18-7-6-13(10,19)8-11-2-4-12(5-3-11)20-14(15,16)17/h2-5,10,18-19H,6-9H2,1H3. The lowest BCUT2D eigenvalue weighted by Gasteiger charge is -2.38. The number of hydrogen-bond donors (Lipinski definition) is 2. The highest BCUT2D eigenvalue weighted by Crippen LogP contribution is 2.29. The molecule has 0 radical (unpaired) electrons. The molecule has 20 heavy (non-hydrogen) atoms. The van der Waals surface area contributed by atoms with E-state index in [-0.39, 0.29) is 11.7 Å². The van der Waals surface area contributed by atoms with E-state index in [9.17, 15) is 18.3 Å². The van der Waals surface area contributed by atoms with E-state index in [0.29, 0.717) is 12.8 Å². The molecule has 2 N–H and O–H groups in total. The number of halogens is 3. The first-order valence-electron chi connectivity index (χ1n) is 6.56. The lowest BCUT2D eigenvalue weighted by Crippen LogP contribution is -2.50. The molecular weight excluding hydrogens is 271 g/mol. The van der Waals surface area contributed by atoms with Gasteiger partial charge in [-0.25, -0.2) is 0 Å². The molecule has 3 nitrogen and oxygen atoms in total. The molecule has 2 atom stereocenters. The predicted octanol–water partition coefficient (Wildman–Crippen LogP) is 2.49. The maximum atomic E-state index is 12.1. The van der Waals surface area contributed by atoms with E-state index in [4.69, 9.17) is 0 Å². The van der Waals surface area contributed by atoms with Crippen molar-refractivity contribution in [3.05, 3.63) is 29.8 Å². The van der Waals surface area contributed by atoms with Gasteiger partial charge in [0.15, 0.2) is 0 Å². The third kappa shape index (κ3) is 3.86. The van der Waals surface area contributed by atoms with Crippen LogP contribution in [0.25, 0.3) is 0 Å². The van der Waals surface area contributed by atoms with Gasteiger partial charge in [0.25, 0.3) is 0 Å². The van der Waals surface area contributed by atoms with E-state index >= 15 is 0 Å². The summed E-state index contributed by atoms with van der Waals surface area (Å²) >= 11 is 0. The highest BCUT2D eigenvalue weighted by molar-refractivity contribution is 5.28. The number of hydrogen-bond acceptors (Lipinski definition) is 3. The van der Waals surface area contributed by atoms with Crippen molar-refractivity contribution in [1.29, 1.82) is 0 Å². The van der Waals surface area contributed by atoms with E-state index in [2.05, 4.69) is 10.1 Å². The zero-order chi connectivity index (χ0) is 14.8. The van der Waals surface area contributed by atoms with Crippen molar-refractivity contribution < 1.29 is 23.0 Å². The number of piperidine rings is 1. The second-order valence-corrected chi connectivity index (χ2v) is 5.33. The number of rotatable bonds is 3. The third-order valence-corrected chi connectivity index (χ3v) is 3.77. The van der Waals surface area contributed by atoms with E-state index in [1.54, 1.807) is 12.1 Å². The van der Waals surface area contributed by atoms with Crippen LogP contribution in [0.2, 0.25) is 0 Å². The smallest absolute Gasteiger partial charge is 0.406 e. The first-order chi connectivity index (χ1) is 9.28. The van der Waals surface area contributed by atoms with Crippen molar-refractivity contribution in [3.63, 3.8) is 0 Å². The number of benzene rings is 1. The zero-order valence-electron chi connectivity index (χ0n) is 11.2. The number of ether oxygens (including phenoxy) is 1. The van der Waals surface area contributed by atoms with Gasteiger partial charge in [-0.2, -0.15) is 0 Å². The average molecular weight is 289 g/mol. The molecule has 0 bridgehead atoms. The molecule has 2 rings (SSSR count). The summed E-state index contributed by atoms with van der Waals surface area (Å²) in [5.41, 5.74) is -0.00624. The van der Waals surface area contributed by atoms with Crippen molar-refractivity contribution in [3.8, 4) is 5.75 Å². The van der Waals surface area contributed by atoms with Gasteiger partial charge in [0, 0.05) is 13.0 Å². The molecule has 6 heteroatoms. The highest BCUT2D eigenvalue weighted by atomic mass is 19.4. The second kappa shape index (κ2) is 5.61. The molecule has 0 aromatic heterocycles. The molecular formula is C14H18F3NO2. The van der Waals surface area contributed by atoms with Crippen molar-refractivity contribution in [2.24, 2.45) is 5.92 Å². The SMILES string of the molecule is CC1CNCCC1(O)Cc1ccc(OC(F)(F)F)cc1. The van der Waals surface area contributed by atoms with Crippen LogP contribution in [0.15, 0.2) is 24.3 Å². The zero-order valence-corrected chi connectivity index (χ0v) is 11.2. The third-order valence-electron chi connectivity index (χ3n) is 3.77. The van der Waals surface area contributed by atoms with E-state index in [1.807, 2.05) is 6.92 Å². The van der Waals surface area contributed by atoms with Crippen molar-refractivity contribution in [1.82, 2.24) is 5.32 Å². The van der Waals surface area contributed by atoms with Gasteiger partial charge in [0.1, 0.15) is 5.75 Å². The number of alkyl halides is 3. The van der Waals surface area contributed by atoms with Gasteiger partial charge in [-0.3, -0.25) is 0 Å². The van der Waals surface area contributed by atoms with Crippen LogP contribution in [0.3, 0.4) is 0 Å². The topological polar surface area (TPSA) is 41.5 Å². The maximum absolute atomic E-state index is 12.1. The van der Waals surface area contributed by atoms with Crippen molar-refractivity contribution in [2.75, 3.05) is 13.1 Å². The molecule has 1 aromatic carbocycles. The molecule has 1 aromatic rings. The Balaban J connectivity index is 2.03. The Morgan fingerprint density at radius 2 is 2.00 bits per heavy atom. The quantitative estimate of drug-likeness (QED) is 0.898. The fourth-order valence-electron chi connectivity index (χ4n) is 2.48. The first kappa shape index (κ1) is 15.1. The van der Waals surface area contributed by atoms with Gasteiger partial charge in [0.05, 0.1) is 5.60 Å². The van der Waals surface area contributed by atoms with E-state index < -0.39 is 12.0 Å². The Hall–Kier alpha value is -1.27. The van der Waals surface area contributed by atoms with Gasteiger partial charge >= 0.3 is 6.36 Å². The predicted molar refractivity (Wildman–Crippen MR) is 68.4 cm³/mol. The minimum Gasteiger partial charge on any atom is -0.406 e. The van der Waals surface area contributed by atoms with Crippen LogP contribution in [0.4, 0.5) is 13.2 Å². The minimum absolute atomic E-state index is 0.0994. The highest BCUT2D eigenvalue weighted by Gasteiger charge is 2.36. The summed E-state index contributed by atoms with van der Waals surface area (Å²) in [6, 6.07) is 5.68. The lowest BCUT2D eigenvalue weighted by molar-refractivity contribution is -0.274. The summed E-state index contributed by atoms with van der Waals surface area (Å²) in [4.78, 5) is 0. The number of aliphatic hydroxyl groups is 1. The van der Waals surface area contributed by atoms with Crippen LogP contribution >= 0.6 is 0 Å². The molecule has 2 unspecified atom stereocenters. The van der Waals surface area contributed by atoms with Gasteiger partial charge in [0.2, 0.25) is 0 Å². The van der Waals surface area contributed by atoms with Gasteiger partial charge in [-0.05, 0) is 36.6 Å². The van der Waals surface area contributed by atoms with Gasteiger partial charge in [-0.15, -0.1) is 13.2 Å². The molecule has 1 saturated heterocycles. The summed E-state index contributed by atoms with van der Waals surface area (Å²) < 4.78 is 40.0. The summed E-state index contributed by atoms with van der Waals surface area (Å²) in [6.07, 6.45) is -3.61. The summed E-state index contributed by atoms with van der Waals surface area (Å²) in [5.74, 6) is -0.144. The van der Waals surface area contributed by atoms with Crippen molar-refractivity contribution >= 4 is 0 Å². The Bertz CT molecular complexity index is 447. The first-order valence-corrected chi connectivity index (χ1v) is 6.56. The molecule has 1 aliphatic heterocycles. The molecule has 1 aliphatic rings. The van der Waals surface area contributed by atoms with Gasteiger partial charge < -0.3 is 15.2 Å². The largest absolute Gasteiger partial charge is 0.573 e. The van der Waals surface area contributed by atoms with Gasteiger partial charge in [-0.1, -0.05) is 19.1 Å².